The van der Waals surface area contributed by atoms with Crippen LogP contribution in [0.15, 0.2) is 48.7 Å². The van der Waals surface area contributed by atoms with Crippen molar-refractivity contribution in [2.45, 2.75) is 12.6 Å². The molecule has 1 heterocycles. The largest absolute Gasteiger partial charge is 0.416 e. The minimum Gasteiger partial charge on any atom is -0.368 e. The Morgan fingerprint density at radius 3 is 2.32 bits per heavy atom. The Bertz CT molecular complexity index is 660. The fourth-order valence-corrected chi connectivity index (χ4v) is 2.08. The third-order valence-corrected chi connectivity index (χ3v) is 3.36. The molecule has 2 aromatic rings. The third kappa shape index (κ3) is 6.70. The number of hydrogen-bond donors (Lipinski definition) is 3. The van der Waals surface area contributed by atoms with E-state index < -0.39 is 11.7 Å². The molecule has 5 nitrogen and oxygen atoms in total. The van der Waals surface area contributed by atoms with Gasteiger partial charge in [0.1, 0.15) is 5.82 Å². The quantitative estimate of drug-likeness (QED) is 0.671. The molecule has 0 atom stereocenters. The molecule has 2 rings (SSSR count). The lowest BCUT2D eigenvalue weighted by Crippen LogP contribution is -2.38. The van der Waals surface area contributed by atoms with E-state index >= 15 is 0 Å². The van der Waals surface area contributed by atoms with Gasteiger partial charge in [0.15, 0.2) is 0 Å². The second-order valence-corrected chi connectivity index (χ2v) is 5.27. The van der Waals surface area contributed by atoms with E-state index in [4.69, 9.17) is 0 Å². The van der Waals surface area contributed by atoms with Crippen LogP contribution in [0.1, 0.15) is 11.1 Å². The van der Waals surface area contributed by atoms with Gasteiger partial charge in [-0.05, 0) is 36.2 Å². The van der Waals surface area contributed by atoms with Crippen LogP contribution in [0.2, 0.25) is 0 Å². The first-order valence-electron chi connectivity index (χ1n) is 7.78. The van der Waals surface area contributed by atoms with Gasteiger partial charge in [0.2, 0.25) is 0 Å². The number of benzene rings is 1. The summed E-state index contributed by atoms with van der Waals surface area (Å²) in [6.07, 6.45) is -2.21. The Morgan fingerprint density at radius 1 is 0.960 bits per heavy atom. The van der Waals surface area contributed by atoms with Gasteiger partial charge in [-0.3, -0.25) is 0 Å². The highest BCUT2D eigenvalue weighted by Gasteiger charge is 2.29. The number of alkyl halides is 3. The van der Waals surface area contributed by atoms with Crippen LogP contribution in [0.25, 0.3) is 0 Å². The highest BCUT2D eigenvalue weighted by Crippen LogP contribution is 2.29. The molecule has 0 unspecified atom stereocenters. The topological polar surface area (TPSA) is 66.0 Å². The van der Waals surface area contributed by atoms with Gasteiger partial charge in [-0.15, -0.1) is 0 Å². The number of urea groups is 1. The monoisotopic (exact) mass is 352 g/mol. The third-order valence-electron chi connectivity index (χ3n) is 3.36. The fourth-order valence-electron chi connectivity index (χ4n) is 2.08. The molecule has 0 aliphatic carbocycles. The zero-order chi connectivity index (χ0) is 18.1. The number of rotatable bonds is 7. The number of hydrogen-bond acceptors (Lipinski definition) is 3. The van der Waals surface area contributed by atoms with Crippen LogP contribution >= 0.6 is 0 Å². The molecule has 2 amide bonds. The molecule has 0 saturated carbocycles. The van der Waals surface area contributed by atoms with Crippen molar-refractivity contribution in [1.29, 1.82) is 0 Å². The number of pyridine rings is 1. The molecular weight excluding hydrogens is 333 g/mol. The number of aromatic nitrogens is 1. The van der Waals surface area contributed by atoms with Gasteiger partial charge in [0.25, 0.3) is 0 Å². The van der Waals surface area contributed by atoms with E-state index in [0.29, 0.717) is 26.1 Å². The zero-order valence-electron chi connectivity index (χ0n) is 13.4. The first kappa shape index (κ1) is 18.6. The van der Waals surface area contributed by atoms with Crippen molar-refractivity contribution in [3.8, 4) is 0 Å². The molecule has 8 heteroatoms. The van der Waals surface area contributed by atoms with Crippen molar-refractivity contribution in [3.05, 3.63) is 59.8 Å². The Balaban J connectivity index is 1.60. The van der Waals surface area contributed by atoms with E-state index in [9.17, 15) is 18.0 Å². The van der Waals surface area contributed by atoms with Crippen molar-refractivity contribution in [1.82, 2.24) is 15.6 Å². The summed E-state index contributed by atoms with van der Waals surface area (Å²) in [5, 5.41) is 8.39. The predicted molar refractivity (Wildman–Crippen MR) is 89.3 cm³/mol. The lowest BCUT2D eigenvalue weighted by Gasteiger charge is -2.10. The van der Waals surface area contributed by atoms with Crippen molar-refractivity contribution in [2.75, 3.05) is 25.0 Å². The van der Waals surface area contributed by atoms with Crippen molar-refractivity contribution in [2.24, 2.45) is 0 Å². The minimum absolute atomic E-state index is 0.324. The van der Waals surface area contributed by atoms with E-state index in [0.717, 1.165) is 23.5 Å². The number of amides is 2. The van der Waals surface area contributed by atoms with E-state index in [1.165, 1.54) is 12.1 Å². The zero-order valence-corrected chi connectivity index (χ0v) is 13.4. The maximum absolute atomic E-state index is 12.5. The van der Waals surface area contributed by atoms with E-state index in [-0.39, 0.29) is 6.03 Å². The molecule has 0 aliphatic heterocycles. The molecule has 1 aromatic heterocycles. The standard InChI is InChI=1S/C17H19F3N4O/c18-17(19,20)14-6-4-13(5-7-14)8-10-23-16(25)24-12-11-22-15-3-1-2-9-21-15/h1-7,9H,8,10-12H2,(H,21,22)(H2,23,24,25). The van der Waals surface area contributed by atoms with Crippen LogP contribution in [-0.4, -0.2) is 30.6 Å². The van der Waals surface area contributed by atoms with E-state index in [1.807, 2.05) is 18.2 Å². The molecule has 0 bridgehead atoms. The summed E-state index contributed by atoms with van der Waals surface area (Å²) in [5.41, 5.74) is 0.0486. The Hall–Kier alpha value is -2.77. The van der Waals surface area contributed by atoms with Gasteiger partial charge in [0.05, 0.1) is 5.56 Å². The molecule has 1 aromatic carbocycles. The summed E-state index contributed by atoms with van der Waals surface area (Å²) in [7, 11) is 0. The van der Waals surface area contributed by atoms with Gasteiger partial charge in [-0.1, -0.05) is 18.2 Å². The number of carbonyl (C=O) groups is 1. The molecule has 0 spiro atoms. The Labute approximate surface area is 143 Å². The van der Waals surface area contributed by atoms with Gasteiger partial charge >= 0.3 is 12.2 Å². The Kier molecular flexibility index (Phi) is 6.62. The van der Waals surface area contributed by atoms with Crippen LogP contribution in [0, 0.1) is 0 Å². The minimum atomic E-state index is -4.33. The maximum atomic E-state index is 12.5. The summed E-state index contributed by atoms with van der Waals surface area (Å²) in [6, 6.07) is 10.1. The second kappa shape index (κ2) is 8.91. The first-order valence-corrected chi connectivity index (χ1v) is 7.78. The molecule has 0 aliphatic rings. The van der Waals surface area contributed by atoms with Gasteiger partial charge in [0, 0.05) is 25.8 Å². The molecule has 3 N–H and O–H groups in total. The SMILES string of the molecule is O=C(NCCNc1ccccn1)NCCc1ccc(C(F)(F)F)cc1. The van der Waals surface area contributed by atoms with Gasteiger partial charge in [-0.25, -0.2) is 9.78 Å². The molecular formula is C17H19F3N4O. The van der Waals surface area contributed by atoms with Crippen molar-refractivity contribution >= 4 is 11.8 Å². The molecule has 0 radical (unpaired) electrons. The van der Waals surface area contributed by atoms with E-state index in [1.54, 1.807) is 6.20 Å². The number of nitrogens with zero attached hydrogens (tertiary/aromatic N) is 1. The smallest absolute Gasteiger partial charge is 0.368 e. The first-order chi connectivity index (χ1) is 11.9. The summed E-state index contributed by atoms with van der Waals surface area (Å²) in [6.45, 7) is 1.29. The number of halogens is 3. The lowest BCUT2D eigenvalue weighted by molar-refractivity contribution is -0.137. The highest BCUT2D eigenvalue weighted by atomic mass is 19.4. The number of nitrogens with one attached hydrogen (secondary N) is 3. The fraction of sp³-hybridized carbons (Fsp3) is 0.294. The van der Waals surface area contributed by atoms with Crippen LogP contribution in [0.3, 0.4) is 0 Å². The summed E-state index contributed by atoms with van der Waals surface area (Å²) >= 11 is 0. The van der Waals surface area contributed by atoms with Crippen LogP contribution < -0.4 is 16.0 Å². The normalized spacial score (nSPS) is 11.0. The molecule has 134 valence electrons. The van der Waals surface area contributed by atoms with Crippen LogP contribution in [0.5, 0.6) is 0 Å². The van der Waals surface area contributed by atoms with Crippen LogP contribution in [0.4, 0.5) is 23.8 Å². The summed E-state index contributed by atoms with van der Waals surface area (Å²) in [4.78, 5) is 15.7. The Morgan fingerprint density at radius 2 is 1.68 bits per heavy atom. The average Bonchev–Trinajstić information content (AvgIpc) is 2.59. The predicted octanol–water partition coefficient (Wildman–Crippen LogP) is 3.05. The second-order valence-electron chi connectivity index (χ2n) is 5.27. The van der Waals surface area contributed by atoms with Gasteiger partial charge < -0.3 is 16.0 Å². The number of carbonyl (C=O) groups excluding carboxylic acids is 1. The molecule has 0 fully saturated rings. The van der Waals surface area contributed by atoms with Gasteiger partial charge in [-0.2, -0.15) is 13.2 Å². The number of anilines is 1. The van der Waals surface area contributed by atoms with Crippen molar-refractivity contribution in [3.63, 3.8) is 0 Å². The lowest BCUT2D eigenvalue weighted by atomic mass is 10.1. The maximum Gasteiger partial charge on any atom is 0.416 e. The average molecular weight is 352 g/mol. The summed E-state index contributed by atoms with van der Waals surface area (Å²) < 4.78 is 37.4. The molecule has 25 heavy (non-hydrogen) atoms. The van der Waals surface area contributed by atoms with Crippen LogP contribution in [-0.2, 0) is 12.6 Å². The molecule has 0 saturated heterocycles. The van der Waals surface area contributed by atoms with Crippen molar-refractivity contribution < 1.29 is 18.0 Å². The summed E-state index contributed by atoms with van der Waals surface area (Å²) in [5.74, 6) is 0.729. The highest BCUT2D eigenvalue weighted by molar-refractivity contribution is 5.73. The van der Waals surface area contributed by atoms with E-state index in [2.05, 4.69) is 20.9 Å².